The van der Waals surface area contributed by atoms with Crippen molar-refractivity contribution in [2.75, 3.05) is 25.4 Å². The Balaban J connectivity index is 2.53. The minimum absolute atomic E-state index is 0.244. The summed E-state index contributed by atoms with van der Waals surface area (Å²) in [6, 6.07) is 0. The molecule has 1 aliphatic rings. The van der Waals surface area contributed by atoms with E-state index in [1.807, 2.05) is 11.8 Å². The number of nitrogens with zero attached hydrogens (tertiary/aromatic N) is 1. The van der Waals surface area contributed by atoms with Crippen molar-refractivity contribution in [2.45, 2.75) is 37.2 Å². The average Bonchev–Trinajstić information content (AvgIpc) is 2.16. The lowest BCUT2D eigenvalue weighted by atomic mass is 10.3. The fourth-order valence-corrected chi connectivity index (χ4v) is 5.16. The van der Waals surface area contributed by atoms with Crippen LogP contribution in [0.15, 0.2) is 0 Å². The molecule has 0 radical (unpaired) electrons. The summed E-state index contributed by atoms with van der Waals surface area (Å²) >= 11 is 1.86. The molecule has 0 saturated carbocycles. The zero-order valence-corrected chi connectivity index (χ0v) is 11.7. The summed E-state index contributed by atoms with van der Waals surface area (Å²) in [6.45, 7) is 6.05. The predicted octanol–water partition coefficient (Wildman–Crippen LogP) is 0.881. The molecule has 1 rings (SSSR count). The molecule has 0 aromatic carbocycles. The second kappa shape index (κ2) is 6.23. The van der Waals surface area contributed by atoms with Crippen LogP contribution in [-0.2, 0) is 10.0 Å². The predicted molar refractivity (Wildman–Crippen MR) is 70.2 cm³/mol. The van der Waals surface area contributed by atoms with Gasteiger partial charge in [-0.1, -0.05) is 13.8 Å². The third-order valence-corrected chi connectivity index (χ3v) is 5.75. The van der Waals surface area contributed by atoms with Crippen molar-refractivity contribution in [1.29, 1.82) is 0 Å². The van der Waals surface area contributed by atoms with Gasteiger partial charge in [0.25, 0.3) is 0 Å². The minimum Gasteiger partial charge on any atom is -0.330 e. The maximum Gasteiger partial charge on any atom is 0.214 e. The Kier molecular flexibility index (Phi) is 5.56. The van der Waals surface area contributed by atoms with E-state index in [-0.39, 0.29) is 5.75 Å². The molecule has 4 nitrogen and oxygen atoms in total. The SMILES string of the molecule is CC1CN(S(=O)(=O)CCCCN)CC(C)S1. The first-order valence-electron chi connectivity index (χ1n) is 5.79. The summed E-state index contributed by atoms with van der Waals surface area (Å²) in [7, 11) is -3.06. The van der Waals surface area contributed by atoms with Crippen LogP contribution >= 0.6 is 11.8 Å². The largest absolute Gasteiger partial charge is 0.330 e. The van der Waals surface area contributed by atoms with Gasteiger partial charge < -0.3 is 5.73 Å². The molecule has 96 valence electrons. The van der Waals surface area contributed by atoms with Crippen LogP contribution in [0.1, 0.15) is 26.7 Å². The van der Waals surface area contributed by atoms with E-state index in [1.54, 1.807) is 4.31 Å². The molecule has 1 heterocycles. The average molecular weight is 266 g/mol. The van der Waals surface area contributed by atoms with Gasteiger partial charge in [0, 0.05) is 23.6 Å². The van der Waals surface area contributed by atoms with Crippen LogP contribution in [0.5, 0.6) is 0 Å². The highest BCUT2D eigenvalue weighted by Gasteiger charge is 2.30. The molecule has 0 bridgehead atoms. The Morgan fingerprint density at radius 1 is 1.25 bits per heavy atom. The molecule has 1 saturated heterocycles. The second-order valence-corrected chi connectivity index (χ2v) is 8.36. The lowest BCUT2D eigenvalue weighted by molar-refractivity contribution is 0.404. The lowest BCUT2D eigenvalue weighted by Gasteiger charge is -2.33. The van der Waals surface area contributed by atoms with E-state index in [1.165, 1.54) is 0 Å². The van der Waals surface area contributed by atoms with Crippen molar-refractivity contribution in [3.8, 4) is 0 Å². The number of hydrogen-bond acceptors (Lipinski definition) is 4. The van der Waals surface area contributed by atoms with Crippen LogP contribution in [0.2, 0.25) is 0 Å². The fourth-order valence-electron chi connectivity index (χ4n) is 1.92. The standard InChI is InChI=1S/C10H22N2O2S2/c1-9-7-12(8-10(2)15-9)16(13,14)6-4-3-5-11/h9-10H,3-8,11H2,1-2H3. The van der Waals surface area contributed by atoms with Gasteiger partial charge >= 0.3 is 0 Å². The summed E-state index contributed by atoms with van der Waals surface area (Å²) in [4.78, 5) is 0. The van der Waals surface area contributed by atoms with Gasteiger partial charge in [-0.25, -0.2) is 8.42 Å². The highest BCUT2D eigenvalue weighted by molar-refractivity contribution is 8.00. The highest BCUT2D eigenvalue weighted by Crippen LogP contribution is 2.26. The molecule has 0 aromatic rings. The van der Waals surface area contributed by atoms with E-state index in [2.05, 4.69) is 13.8 Å². The first-order valence-corrected chi connectivity index (χ1v) is 8.34. The summed E-state index contributed by atoms with van der Waals surface area (Å²) < 4.78 is 25.7. The van der Waals surface area contributed by atoms with Crippen molar-refractivity contribution >= 4 is 21.8 Å². The molecular formula is C10H22N2O2S2. The Morgan fingerprint density at radius 3 is 2.31 bits per heavy atom. The van der Waals surface area contributed by atoms with Gasteiger partial charge in [-0.3, -0.25) is 0 Å². The molecule has 2 unspecified atom stereocenters. The number of nitrogens with two attached hydrogens (primary N) is 1. The van der Waals surface area contributed by atoms with Crippen molar-refractivity contribution in [1.82, 2.24) is 4.31 Å². The summed E-state index contributed by atoms with van der Waals surface area (Å²) in [5, 5.41) is 0.793. The maximum absolute atomic E-state index is 12.0. The van der Waals surface area contributed by atoms with Gasteiger partial charge in [0.1, 0.15) is 0 Å². The Morgan fingerprint density at radius 2 is 1.81 bits per heavy atom. The molecule has 0 aliphatic carbocycles. The first-order chi connectivity index (χ1) is 7.45. The molecule has 1 aliphatic heterocycles. The van der Waals surface area contributed by atoms with E-state index in [9.17, 15) is 8.42 Å². The summed E-state index contributed by atoms with van der Waals surface area (Å²) in [5.74, 6) is 0.244. The zero-order chi connectivity index (χ0) is 12.2. The van der Waals surface area contributed by atoms with Gasteiger partial charge in [0.2, 0.25) is 10.0 Å². The monoisotopic (exact) mass is 266 g/mol. The van der Waals surface area contributed by atoms with Crippen LogP contribution in [0.4, 0.5) is 0 Å². The zero-order valence-electron chi connectivity index (χ0n) is 10.1. The number of hydrogen-bond donors (Lipinski definition) is 1. The normalized spacial score (nSPS) is 28.2. The van der Waals surface area contributed by atoms with Crippen molar-refractivity contribution in [3.63, 3.8) is 0 Å². The van der Waals surface area contributed by atoms with E-state index < -0.39 is 10.0 Å². The molecule has 2 N–H and O–H groups in total. The number of sulfonamides is 1. The van der Waals surface area contributed by atoms with E-state index in [4.69, 9.17) is 5.73 Å². The van der Waals surface area contributed by atoms with Crippen LogP contribution in [0, 0.1) is 0 Å². The minimum atomic E-state index is -3.06. The maximum atomic E-state index is 12.0. The number of unbranched alkanes of at least 4 members (excludes halogenated alkanes) is 1. The van der Waals surface area contributed by atoms with Crippen LogP contribution in [-0.4, -0.2) is 48.6 Å². The molecular weight excluding hydrogens is 244 g/mol. The fraction of sp³-hybridized carbons (Fsp3) is 1.00. The summed E-state index contributed by atoms with van der Waals surface area (Å²) in [6.07, 6.45) is 1.46. The van der Waals surface area contributed by atoms with Crippen molar-refractivity contribution in [3.05, 3.63) is 0 Å². The molecule has 0 aromatic heterocycles. The Hall–Kier alpha value is 0.220. The molecule has 16 heavy (non-hydrogen) atoms. The van der Waals surface area contributed by atoms with E-state index in [0.29, 0.717) is 36.6 Å². The van der Waals surface area contributed by atoms with Gasteiger partial charge in [0.15, 0.2) is 0 Å². The van der Waals surface area contributed by atoms with E-state index in [0.717, 1.165) is 6.42 Å². The molecule has 1 fully saturated rings. The summed E-state index contributed by atoms with van der Waals surface area (Å²) in [5.41, 5.74) is 5.37. The Labute approximate surface area is 103 Å². The second-order valence-electron chi connectivity index (χ2n) is 4.39. The molecule has 2 atom stereocenters. The lowest BCUT2D eigenvalue weighted by Crippen LogP contribution is -2.44. The molecule has 0 spiro atoms. The smallest absolute Gasteiger partial charge is 0.214 e. The first kappa shape index (κ1) is 14.3. The van der Waals surface area contributed by atoms with Crippen LogP contribution in [0.3, 0.4) is 0 Å². The number of thioether (sulfide) groups is 1. The van der Waals surface area contributed by atoms with Crippen LogP contribution in [0.25, 0.3) is 0 Å². The topological polar surface area (TPSA) is 63.4 Å². The number of rotatable bonds is 5. The van der Waals surface area contributed by atoms with Crippen molar-refractivity contribution < 1.29 is 8.42 Å². The third kappa shape index (κ3) is 4.24. The van der Waals surface area contributed by atoms with Gasteiger partial charge in [-0.05, 0) is 19.4 Å². The van der Waals surface area contributed by atoms with Crippen molar-refractivity contribution in [2.24, 2.45) is 5.73 Å². The van der Waals surface area contributed by atoms with E-state index >= 15 is 0 Å². The van der Waals surface area contributed by atoms with Gasteiger partial charge in [-0.2, -0.15) is 16.1 Å². The quantitative estimate of drug-likeness (QED) is 0.750. The molecule has 6 heteroatoms. The molecule has 0 amide bonds. The van der Waals surface area contributed by atoms with Gasteiger partial charge in [-0.15, -0.1) is 0 Å². The Bertz CT molecular complexity index is 296. The van der Waals surface area contributed by atoms with Crippen LogP contribution < -0.4 is 5.73 Å². The van der Waals surface area contributed by atoms with Gasteiger partial charge in [0.05, 0.1) is 5.75 Å². The third-order valence-electron chi connectivity index (χ3n) is 2.64. The highest BCUT2D eigenvalue weighted by atomic mass is 32.2.